The molecule has 132 valence electrons. The number of hydrogen-bond donors (Lipinski definition) is 0. The van der Waals surface area contributed by atoms with Crippen molar-refractivity contribution in [2.45, 2.75) is 4.90 Å². The highest BCUT2D eigenvalue weighted by atomic mass is 79.9. The lowest BCUT2D eigenvalue weighted by Gasteiger charge is -2.34. The van der Waals surface area contributed by atoms with E-state index >= 15 is 0 Å². The van der Waals surface area contributed by atoms with Crippen LogP contribution >= 0.6 is 15.9 Å². The number of carbonyl (C=O) groups is 1. The van der Waals surface area contributed by atoms with Crippen LogP contribution < -0.4 is 0 Å². The highest BCUT2D eigenvalue weighted by Gasteiger charge is 2.31. The quantitative estimate of drug-likeness (QED) is 0.751. The molecule has 0 atom stereocenters. The molecular formula is C16H15BrFN3O3S. The van der Waals surface area contributed by atoms with Crippen molar-refractivity contribution in [2.75, 3.05) is 26.2 Å². The summed E-state index contributed by atoms with van der Waals surface area (Å²) in [4.78, 5) is 17.9. The van der Waals surface area contributed by atoms with Crippen molar-refractivity contribution < 1.29 is 17.6 Å². The maximum absolute atomic E-state index is 14.0. The van der Waals surface area contributed by atoms with Crippen LogP contribution in [0.25, 0.3) is 0 Å². The van der Waals surface area contributed by atoms with Crippen LogP contribution in [0.3, 0.4) is 0 Å². The first-order valence-electron chi connectivity index (χ1n) is 7.54. The monoisotopic (exact) mass is 427 g/mol. The van der Waals surface area contributed by atoms with Crippen LogP contribution in [0.2, 0.25) is 0 Å². The van der Waals surface area contributed by atoms with Crippen molar-refractivity contribution in [3.8, 4) is 0 Å². The Balaban J connectivity index is 1.70. The lowest BCUT2D eigenvalue weighted by Crippen LogP contribution is -2.50. The smallest absolute Gasteiger partial charge is 0.256 e. The number of amides is 1. The molecule has 3 rings (SSSR count). The molecule has 1 aromatic carbocycles. The van der Waals surface area contributed by atoms with E-state index in [9.17, 15) is 17.6 Å². The fourth-order valence-corrected chi connectivity index (χ4v) is 4.33. The van der Waals surface area contributed by atoms with Crippen LogP contribution in [0.1, 0.15) is 10.4 Å². The number of benzene rings is 1. The fourth-order valence-electron chi connectivity index (χ4n) is 2.61. The molecule has 1 amide bonds. The van der Waals surface area contributed by atoms with Gasteiger partial charge in [-0.1, -0.05) is 15.9 Å². The number of halogens is 2. The van der Waals surface area contributed by atoms with E-state index in [1.165, 1.54) is 39.8 Å². The molecule has 1 aromatic heterocycles. The third kappa shape index (κ3) is 3.73. The molecular weight excluding hydrogens is 413 g/mol. The number of hydrogen-bond acceptors (Lipinski definition) is 4. The standard InChI is InChI=1S/C16H15BrFN3O3S/c17-12-3-4-14(15(18)10-12)16(22)20-6-8-21(9-7-20)25(23,24)13-2-1-5-19-11-13/h1-5,10-11H,6-9H2. The van der Waals surface area contributed by atoms with Gasteiger partial charge >= 0.3 is 0 Å². The first-order valence-corrected chi connectivity index (χ1v) is 9.77. The second-order valence-electron chi connectivity index (χ2n) is 5.51. The molecule has 0 unspecified atom stereocenters. The van der Waals surface area contributed by atoms with Gasteiger partial charge in [-0.15, -0.1) is 0 Å². The Labute approximate surface area is 153 Å². The van der Waals surface area contributed by atoms with Crippen LogP contribution in [0, 0.1) is 5.82 Å². The minimum atomic E-state index is -3.64. The Morgan fingerprint density at radius 1 is 1.16 bits per heavy atom. The summed E-state index contributed by atoms with van der Waals surface area (Å²) in [6.45, 7) is 0.712. The summed E-state index contributed by atoms with van der Waals surface area (Å²) in [7, 11) is -3.64. The Bertz CT molecular complexity index is 885. The van der Waals surface area contributed by atoms with Crippen molar-refractivity contribution in [2.24, 2.45) is 0 Å². The van der Waals surface area contributed by atoms with E-state index in [-0.39, 0.29) is 36.6 Å². The Morgan fingerprint density at radius 2 is 1.88 bits per heavy atom. The number of pyridine rings is 1. The second-order valence-corrected chi connectivity index (χ2v) is 8.36. The SMILES string of the molecule is O=C(c1ccc(Br)cc1F)N1CCN(S(=O)(=O)c2cccnc2)CC1. The first-order chi connectivity index (χ1) is 11.9. The van der Waals surface area contributed by atoms with E-state index in [1.54, 1.807) is 12.1 Å². The molecule has 1 fully saturated rings. The van der Waals surface area contributed by atoms with Crippen LogP contribution in [-0.4, -0.2) is 54.7 Å². The van der Waals surface area contributed by atoms with Crippen LogP contribution in [0.15, 0.2) is 52.1 Å². The summed E-state index contributed by atoms with van der Waals surface area (Å²) in [5.74, 6) is -1.05. The van der Waals surface area contributed by atoms with Crippen LogP contribution in [0.5, 0.6) is 0 Å². The maximum Gasteiger partial charge on any atom is 0.256 e. The van der Waals surface area contributed by atoms with Gasteiger partial charge < -0.3 is 4.90 Å². The highest BCUT2D eigenvalue weighted by molar-refractivity contribution is 9.10. The van der Waals surface area contributed by atoms with E-state index in [4.69, 9.17) is 0 Å². The molecule has 1 aliphatic heterocycles. The minimum Gasteiger partial charge on any atom is -0.336 e. The molecule has 0 N–H and O–H groups in total. The molecule has 0 radical (unpaired) electrons. The number of carbonyl (C=O) groups excluding carboxylic acids is 1. The predicted octanol–water partition coefficient (Wildman–Crippen LogP) is 2.13. The Kier molecular flexibility index (Phi) is 5.16. The van der Waals surface area contributed by atoms with Gasteiger partial charge in [-0.05, 0) is 30.3 Å². The molecule has 0 aliphatic carbocycles. The Hall–Kier alpha value is -1.84. The molecule has 2 aromatic rings. The van der Waals surface area contributed by atoms with Crippen molar-refractivity contribution in [3.05, 3.63) is 58.6 Å². The van der Waals surface area contributed by atoms with Gasteiger partial charge in [0.05, 0.1) is 5.56 Å². The van der Waals surface area contributed by atoms with E-state index in [1.807, 2.05) is 0 Å². The lowest BCUT2D eigenvalue weighted by atomic mass is 10.1. The third-order valence-electron chi connectivity index (χ3n) is 3.96. The fraction of sp³-hybridized carbons (Fsp3) is 0.250. The van der Waals surface area contributed by atoms with Gasteiger partial charge in [0.15, 0.2) is 0 Å². The number of nitrogens with zero attached hydrogens (tertiary/aromatic N) is 3. The average Bonchev–Trinajstić information content (AvgIpc) is 2.62. The molecule has 0 bridgehead atoms. The molecule has 25 heavy (non-hydrogen) atoms. The molecule has 2 heterocycles. The lowest BCUT2D eigenvalue weighted by molar-refractivity contribution is 0.0693. The first kappa shape index (κ1) is 18.0. The summed E-state index contributed by atoms with van der Waals surface area (Å²) in [6.07, 6.45) is 2.80. The van der Waals surface area contributed by atoms with E-state index in [0.717, 1.165) is 0 Å². The molecule has 0 spiro atoms. The zero-order valence-electron chi connectivity index (χ0n) is 13.1. The van der Waals surface area contributed by atoms with Gasteiger partial charge in [-0.3, -0.25) is 9.78 Å². The van der Waals surface area contributed by atoms with Gasteiger partial charge in [0.25, 0.3) is 5.91 Å². The van der Waals surface area contributed by atoms with Crippen molar-refractivity contribution in [1.29, 1.82) is 0 Å². The van der Waals surface area contributed by atoms with Gasteiger partial charge in [-0.2, -0.15) is 4.31 Å². The molecule has 9 heteroatoms. The van der Waals surface area contributed by atoms with Gasteiger partial charge in [0.2, 0.25) is 10.0 Å². The summed E-state index contributed by atoms with van der Waals surface area (Å²) >= 11 is 3.15. The minimum absolute atomic E-state index is 0.0215. The zero-order chi connectivity index (χ0) is 18.0. The predicted molar refractivity (Wildman–Crippen MR) is 93.0 cm³/mol. The number of piperazine rings is 1. The molecule has 1 aliphatic rings. The summed E-state index contributed by atoms with van der Waals surface area (Å²) < 4.78 is 40.9. The average molecular weight is 428 g/mol. The third-order valence-corrected chi connectivity index (χ3v) is 6.34. The van der Waals surface area contributed by atoms with Gasteiger partial charge in [-0.25, -0.2) is 12.8 Å². The number of rotatable bonds is 3. The second kappa shape index (κ2) is 7.19. The summed E-state index contributed by atoms with van der Waals surface area (Å²) in [6, 6.07) is 7.29. The highest BCUT2D eigenvalue weighted by Crippen LogP contribution is 2.20. The number of sulfonamides is 1. The summed E-state index contributed by atoms with van der Waals surface area (Å²) in [5.41, 5.74) is -0.0215. The van der Waals surface area contributed by atoms with Crippen LogP contribution in [0.4, 0.5) is 4.39 Å². The normalized spacial score (nSPS) is 16.0. The summed E-state index contributed by atoms with van der Waals surface area (Å²) in [5, 5.41) is 0. The van der Waals surface area contributed by atoms with E-state index in [0.29, 0.717) is 4.47 Å². The zero-order valence-corrected chi connectivity index (χ0v) is 15.5. The Morgan fingerprint density at radius 3 is 2.48 bits per heavy atom. The van der Waals surface area contributed by atoms with Crippen molar-refractivity contribution in [3.63, 3.8) is 0 Å². The largest absolute Gasteiger partial charge is 0.336 e. The van der Waals surface area contributed by atoms with Crippen LogP contribution in [-0.2, 0) is 10.0 Å². The maximum atomic E-state index is 14.0. The van der Waals surface area contributed by atoms with E-state index in [2.05, 4.69) is 20.9 Å². The molecule has 1 saturated heterocycles. The van der Waals surface area contributed by atoms with Crippen molar-refractivity contribution in [1.82, 2.24) is 14.2 Å². The van der Waals surface area contributed by atoms with Crippen molar-refractivity contribution >= 4 is 31.9 Å². The number of aromatic nitrogens is 1. The molecule has 0 saturated carbocycles. The van der Waals surface area contributed by atoms with Gasteiger partial charge in [0.1, 0.15) is 10.7 Å². The van der Waals surface area contributed by atoms with E-state index < -0.39 is 21.7 Å². The molecule has 6 nitrogen and oxygen atoms in total. The topological polar surface area (TPSA) is 70.6 Å². The van der Waals surface area contributed by atoms with Gasteiger partial charge in [0, 0.05) is 43.0 Å².